The van der Waals surface area contributed by atoms with Crippen molar-refractivity contribution >= 4 is 58.2 Å². The van der Waals surface area contributed by atoms with Crippen LogP contribution in [0.2, 0.25) is 10.0 Å². The monoisotopic (exact) mass is 501 g/mol. The molecule has 0 radical (unpaired) electrons. The first-order valence-electron chi connectivity index (χ1n) is 9.58. The molecule has 3 aromatic carbocycles. The largest absolute Gasteiger partial charge is 0.422 e. The van der Waals surface area contributed by atoms with Crippen LogP contribution < -0.4 is 4.74 Å². The summed E-state index contributed by atoms with van der Waals surface area (Å²) in [5, 5.41) is 0.0537. The molecule has 9 heteroatoms. The highest BCUT2D eigenvalue weighted by Crippen LogP contribution is 2.36. The SMILES string of the molecule is O=C(Oc1ccccc1/C=C1\SC(=O)N(Cc2c(F)cccc2Cl)C1=O)c1ccc(Cl)cc1. The molecule has 3 aromatic rings. The van der Waals surface area contributed by atoms with Crippen LogP contribution in [0.1, 0.15) is 21.5 Å². The second-order valence-corrected chi connectivity index (χ2v) is 8.74. The Hall–Kier alpha value is -3.13. The van der Waals surface area contributed by atoms with Crippen molar-refractivity contribution in [2.45, 2.75) is 6.54 Å². The van der Waals surface area contributed by atoms with E-state index in [2.05, 4.69) is 0 Å². The van der Waals surface area contributed by atoms with E-state index in [-0.39, 0.29) is 27.8 Å². The minimum atomic E-state index is -0.606. The van der Waals surface area contributed by atoms with Crippen molar-refractivity contribution < 1.29 is 23.5 Å². The summed E-state index contributed by atoms with van der Waals surface area (Å²) in [6.07, 6.45) is 1.46. The van der Waals surface area contributed by atoms with Gasteiger partial charge in [0.05, 0.1) is 17.0 Å². The van der Waals surface area contributed by atoms with E-state index in [0.29, 0.717) is 27.9 Å². The lowest BCUT2D eigenvalue weighted by Gasteiger charge is -2.14. The number of rotatable bonds is 5. The van der Waals surface area contributed by atoms with Crippen LogP contribution in [-0.2, 0) is 11.3 Å². The van der Waals surface area contributed by atoms with Gasteiger partial charge < -0.3 is 4.74 Å². The van der Waals surface area contributed by atoms with Gasteiger partial charge in [0.15, 0.2) is 0 Å². The van der Waals surface area contributed by atoms with Gasteiger partial charge in [-0.3, -0.25) is 14.5 Å². The predicted octanol–water partition coefficient (Wildman–Crippen LogP) is 6.59. The van der Waals surface area contributed by atoms with Crippen LogP contribution in [0.5, 0.6) is 5.75 Å². The van der Waals surface area contributed by atoms with E-state index in [0.717, 1.165) is 4.90 Å². The van der Waals surface area contributed by atoms with E-state index in [4.69, 9.17) is 27.9 Å². The average molecular weight is 502 g/mol. The molecule has 0 unspecified atom stereocenters. The van der Waals surface area contributed by atoms with Crippen LogP contribution in [0.4, 0.5) is 9.18 Å². The van der Waals surface area contributed by atoms with Crippen molar-refractivity contribution in [3.63, 3.8) is 0 Å². The Balaban J connectivity index is 1.57. The Kier molecular flexibility index (Phi) is 6.83. The van der Waals surface area contributed by atoms with Crippen molar-refractivity contribution in [1.82, 2.24) is 4.90 Å². The maximum absolute atomic E-state index is 14.1. The third-order valence-corrected chi connectivity index (χ3v) is 6.25. The van der Waals surface area contributed by atoms with Gasteiger partial charge in [0.1, 0.15) is 11.6 Å². The number of amides is 2. The summed E-state index contributed by atoms with van der Waals surface area (Å²) in [6, 6.07) is 16.9. The van der Waals surface area contributed by atoms with E-state index < -0.39 is 22.9 Å². The van der Waals surface area contributed by atoms with Crippen LogP contribution in [0.25, 0.3) is 6.08 Å². The Morgan fingerprint density at radius 3 is 2.45 bits per heavy atom. The number of benzene rings is 3. The summed E-state index contributed by atoms with van der Waals surface area (Å²) in [5.41, 5.74) is 0.783. The third-order valence-electron chi connectivity index (χ3n) is 4.74. The summed E-state index contributed by atoms with van der Waals surface area (Å²) in [5.74, 6) is -1.59. The molecule has 1 aliphatic rings. The number of ether oxygens (including phenoxy) is 1. The first kappa shape index (κ1) is 23.0. The summed E-state index contributed by atoms with van der Waals surface area (Å²) in [7, 11) is 0. The van der Waals surface area contributed by atoms with Gasteiger partial charge in [0.25, 0.3) is 11.1 Å². The molecule has 0 N–H and O–H groups in total. The maximum atomic E-state index is 14.1. The standard InChI is InChI=1S/C24H14Cl2FNO4S/c25-16-10-8-14(9-11-16)23(30)32-20-7-2-1-4-15(20)12-21-22(29)28(24(31)33-21)13-17-18(26)5-3-6-19(17)27/h1-12H,13H2/b21-12-. The number of esters is 1. The first-order valence-corrected chi connectivity index (χ1v) is 11.2. The molecule has 0 aliphatic carbocycles. The molecule has 166 valence electrons. The van der Waals surface area contributed by atoms with E-state index in [9.17, 15) is 18.8 Å². The van der Waals surface area contributed by atoms with Crippen molar-refractivity contribution in [3.8, 4) is 5.75 Å². The number of hydrogen-bond donors (Lipinski definition) is 0. The molecule has 1 aliphatic heterocycles. The number of halogens is 3. The fraction of sp³-hybridized carbons (Fsp3) is 0.0417. The molecule has 0 spiro atoms. The van der Waals surface area contributed by atoms with Gasteiger partial charge in [-0.05, 0) is 60.3 Å². The van der Waals surface area contributed by atoms with Crippen LogP contribution in [0, 0.1) is 5.82 Å². The van der Waals surface area contributed by atoms with Gasteiger partial charge in [-0.25, -0.2) is 9.18 Å². The minimum Gasteiger partial charge on any atom is -0.422 e. The molecule has 33 heavy (non-hydrogen) atoms. The highest BCUT2D eigenvalue weighted by atomic mass is 35.5. The highest BCUT2D eigenvalue weighted by molar-refractivity contribution is 8.18. The molecule has 1 heterocycles. The fourth-order valence-corrected chi connectivity index (χ4v) is 4.23. The summed E-state index contributed by atoms with van der Waals surface area (Å²) < 4.78 is 19.6. The summed E-state index contributed by atoms with van der Waals surface area (Å²) in [4.78, 5) is 38.8. The second-order valence-electron chi connectivity index (χ2n) is 6.90. The van der Waals surface area contributed by atoms with E-state index in [1.807, 2.05) is 0 Å². The van der Waals surface area contributed by atoms with Crippen LogP contribution in [0.3, 0.4) is 0 Å². The topological polar surface area (TPSA) is 63.7 Å². The number of imide groups is 1. The lowest BCUT2D eigenvalue weighted by molar-refractivity contribution is -0.123. The van der Waals surface area contributed by atoms with Crippen LogP contribution in [-0.4, -0.2) is 22.0 Å². The van der Waals surface area contributed by atoms with Gasteiger partial charge >= 0.3 is 5.97 Å². The molecular weight excluding hydrogens is 488 g/mol. The molecule has 1 saturated heterocycles. The maximum Gasteiger partial charge on any atom is 0.343 e. The lowest BCUT2D eigenvalue weighted by atomic mass is 10.1. The molecule has 2 amide bonds. The van der Waals surface area contributed by atoms with Gasteiger partial charge in [-0.15, -0.1) is 0 Å². The minimum absolute atomic E-state index is 0.0556. The van der Waals surface area contributed by atoms with E-state index in [1.165, 1.54) is 36.4 Å². The summed E-state index contributed by atoms with van der Waals surface area (Å²) >= 11 is 12.6. The van der Waals surface area contributed by atoms with Gasteiger partial charge in [-0.1, -0.05) is 47.5 Å². The molecule has 0 saturated carbocycles. The lowest BCUT2D eigenvalue weighted by Crippen LogP contribution is -2.28. The van der Waals surface area contributed by atoms with Crippen LogP contribution >= 0.6 is 35.0 Å². The first-order chi connectivity index (χ1) is 15.8. The van der Waals surface area contributed by atoms with Crippen LogP contribution in [0.15, 0.2) is 71.6 Å². The number of nitrogens with zero attached hydrogens (tertiary/aromatic N) is 1. The van der Waals surface area contributed by atoms with Crippen molar-refractivity contribution in [2.75, 3.05) is 0 Å². The molecule has 0 bridgehead atoms. The van der Waals surface area contributed by atoms with Gasteiger partial charge in [0, 0.05) is 21.2 Å². The smallest absolute Gasteiger partial charge is 0.343 e. The van der Waals surface area contributed by atoms with E-state index >= 15 is 0 Å². The Morgan fingerprint density at radius 1 is 1.00 bits per heavy atom. The molecule has 0 aromatic heterocycles. The second kappa shape index (κ2) is 9.79. The zero-order valence-electron chi connectivity index (χ0n) is 16.8. The molecule has 4 rings (SSSR count). The number of para-hydroxylation sites is 1. The summed E-state index contributed by atoms with van der Waals surface area (Å²) in [6.45, 7) is -0.291. The fourth-order valence-electron chi connectivity index (χ4n) is 3.06. The average Bonchev–Trinajstić information content (AvgIpc) is 3.05. The zero-order valence-corrected chi connectivity index (χ0v) is 19.1. The molecule has 0 atom stereocenters. The molecular formula is C24H14Cl2FNO4S. The van der Waals surface area contributed by atoms with Crippen molar-refractivity contribution in [3.05, 3.63) is 104 Å². The third kappa shape index (κ3) is 5.11. The number of thioether (sulfide) groups is 1. The number of hydrogen-bond acceptors (Lipinski definition) is 5. The normalized spacial score (nSPS) is 14.8. The molecule has 5 nitrogen and oxygen atoms in total. The quantitative estimate of drug-likeness (QED) is 0.224. The Bertz CT molecular complexity index is 1270. The van der Waals surface area contributed by atoms with Crippen molar-refractivity contribution in [2.24, 2.45) is 0 Å². The molecule has 1 fully saturated rings. The van der Waals surface area contributed by atoms with E-state index in [1.54, 1.807) is 36.4 Å². The van der Waals surface area contributed by atoms with Gasteiger partial charge in [-0.2, -0.15) is 0 Å². The Morgan fingerprint density at radius 2 is 1.73 bits per heavy atom. The van der Waals surface area contributed by atoms with Gasteiger partial charge in [0.2, 0.25) is 0 Å². The zero-order chi connectivity index (χ0) is 23.5. The van der Waals surface area contributed by atoms with Crippen molar-refractivity contribution in [1.29, 1.82) is 0 Å². The highest BCUT2D eigenvalue weighted by Gasteiger charge is 2.36. The number of carbonyl (C=O) groups excluding carboxylic acids is 3. The predicted molar refractivity (Wildman–Crippen MR) is 126 cm³/mol. The Labute approximate surface area is 202 Å². The number of carbonyl (C=O) groups is 3.